The first-order valence-electron chi connectivity index (χ1n) is 11.7. The monoisotopic (exact) mass is 526 g/mol. The molecule has 1 fully saturated rings. The number of carbonyl (C=O) groups excluding carboxylic acids is 2. The minimum absolute atomic E-state index is 0.0338. The molecule has 1 amide bonds. The van der Waals surface area contributed by atoms with Crippen molar-refractivity contribution in [3.05, 3.63) is 75.8 Å². The molecule has 0 spiro atoms. The van der Waals surface area contributed by atoms with Crippen molar-refractivity contribution >= 4 is 45.5 Å². The number of aliphatic hydroxyl groups excluding tert-OH is 1. The largest absolute Gasteiger partial charge is 0.507 e. The van der Waals surface area contributed by atoms with Crippen molar-refractivity contribution in [3.8, 4) is 11.5 Å². The number of hydrogen-bond acceptors (Lipinski definition) is 7. The maximum Gasteiger partial charge on any atom is 0.301 e. The van der Waals surface area contributed by atoms with Gasteiger partial charge in [-0.15, -0.1) is 11.3 Å². The molecule has 36 heavy (non-hydrogen) atoms. The fourth-order valence-corrected chi connectivity index (χ4v) is 4.72. The van der Waals surface area contributed by atoms with Gasteiger partial charge in [-0.25, -0.2) is 4.98 Å². The van der Waals surface area contributed by atoms with Gasteiger partial charge >= 0.3 is 5.91 Å². The molecule has 7 nitrogen and oxygen atoms in total. The summed E-state index contributed by atoms with van der Waals surface area (Å²) in [5, 5.41) is 13.8. The number of rotatable bonds is 9. The average Bonchev–Trinajstić information content (AvgIpc) is 3.47. The van der Waals surface area contributed by atoms with Gasteiger partial charge in [0.25, 0.3) is 5.78 Å². The number of thiazole rings is 1. The Labute approximate surface area is 218 Å². The maximum absolute atomic E-state index is 13.2. The van der Waals surface area contributed by atoms with E-state index in [0.29, 0.717) is 51.9 Å². The molecule has 1 unspecified atom stereocenters. The molecule has 1 saturated heterocycles. The van der Waals surface area contributed by atoms with E-state index >= 15 is 0 Å². The van der Waals surface area contributed by atoms with Crippen LogP contribution in [0.5, 0.6) is 11.5 Å². The third kappa shape index (κ3) is 5.24. The van der Waals surface area contributed by atoms with Gasteiger partial charge in [0.1, 0.15) is 5.76 Å². The van der Waals surface area contributed by atoms with E-state index in [1.165, 1.54) is 16.2 Å². The summed E-state index contributed by atoms with van der Waals surface area (Å²) < 4.78 is 11.8. The summed E-state index contributed by atoms with van der Waals surface area (Å²) in [7, 11) is 0. The van der Waals surface area contributed by atoms with Crippen LogP contribution in [0.25, 0.3) is 5.76 Å². The zero-order valence-electron chi connectivity index (χ0n) is 20.2. The molecule has 0 saturated carbocycles. The molecule has 0 aliphatic carbocycles. The number of aliphatic hydroxyl groups is 1. The van der Waals surface area contributed by atoms with E-state index in [-0.39, 0.29) is 11.3 Å². The number of aromatic nitrogens is 1. The van der Waals surface area contributed by atoms with Crippen LogP contribution in [0.2, 0.25) is 5.02 Å². The van der Waals surface area contributed by atoms with E-state index in [1.54, 1.807) is 54.0 Å². The first-order chi connectivity index (χ1) is 17.3. The van der Waals surface area contributed by atoms with Crippen LogP contribution in [0, 0.1) is 5.92 Å². The number of halogens is 1. The lowest BCUT2D eigenvalue weighted by atomic mass is 9.95. The number of ketones is 1. The van der Waals surface area contributed by atoms with Crippen LogP contribution in [0.1, 0.15) is 44.4 Å². The Kier molecular flexibility index (Phi) is 7.96. The van der Waals surface area contributed by atoms with Crippen molar-refractivity contribution in [3.63, 3.8) is 0 Å². The number of carbonyl (C=O) groups is 2. The number of hydrogen-bond donors (Lipinski definition) is 1. The van der Waals surface area contributed by atoms with Gasteiger partial charge in [0.15, 0.2) is 16.6 Å². The van der Waals surface area contributed by atoms with E-state index in [4.69, 9.17) is 21.1 Å². The van der Waals surface area contributed by atoms with Crippen LogP contribution in [0.15, 0.2) is 59.6 Å². The van der Waals surface area contributed by atoms with Crippen molar-refractivity contribution in [1.29, 1.82) is 0 Å². The number of ether oxygens (including phenoxy) is 2. The summed E-state index contributed by atoms with van der Waals surface area (Å²) in [5.74, 6) is -0.284. The van der Waals surface area contributed by atoms with Crippen LogP contribution < -0.4 is 14.4 Å². The molecule has 3 aromatic rings. The fraction of sp³-hybridized carbons (Fsp3) is 0.296. The second-order valence-electron chi connectivity index (χ2n) is 8.66. The standard InChI is InChI=1S/C27H27ClN2O5S/c1-4-34-21-15-18(7-10-20(21)35-13-11-16(2)3)23-22(24(31)17-5-8-19(28)9-6-17)25(32)26(33)30(23)27-29-12-14-36-27/h5-10,12,14-16,23,31H,4,11,13H2,1-3H3/b24-22+. The molecule has 4 rings (SSSR count). The number of nitrogens with zero attached hydrogens (tertiary/aromatic N) is 2. The summed E-state index contributed by atoms with van der Waals surface area (Å²) in [5.41, 5.74) is 0.924. The van der Waals surface area contributed by atoms with Crippen LogP contribution in [0.3, 0.4) is 0 Å². The summed E-state index contributed by atoms with van der Waals surface area (Å²) in [4.78, 5) is 32.0. The van der Waals surface area contributed by atoms with E-state index in [1.807, 2.05) is 6.92 Å². The summed E-state index contributed by atoms with van der Waals surface area (Å²) in [6.07, 6.45) is 2.45. The van der Waals surface area contributed by atoms with E-state index in [9.17, 15) is 14.7 Å². The quantitative estimate of drug-likeness (QED) is 0.201. The first-order valence-corrected chi connectivity index (χ1v) is 12.9. The molecule has 1 aromatic heterocycles. The maximum atomic E-state index is 13.2. The second-order valence-corrected chi connectivity index (χ2v) is 9.97. The molecule has 1 aliphatic rings. The van der Waals surface area contributed by atoms with Gasteiger partial charge in [0.05, 0.1) is 24.8 Å². The van der Waals surface area contributed by atoms with Gasteiger partial charge in [-0.05, 0) is 61.2 Å². The van der Waals surface area contributed by atoms with Crippen molar-refractivity contribution in [2.45, 2.75) is 33.2 Å². The van der Waals surface area contributed by atoms with Gasteiger partial charge < -0.3 is 14.6 Å². The Morgan fingerprint density at radius 1 is 1.14 bits per heavy atom. The van der Waals surface area contributed by atoms with Gasteiger partial charge in [-0.3, -0.25) is 14.5 Å². The number of anilines is 1. The highest BCUT2D eigenvalue weighted by molar-refractivity contribution is 7.14. The highest BCUT2D eigenvalue weighted by Gasteiger charge is 2.48. The predicted molar refractivity (Wildman–Crippen MR) is 141 cm³/mol. The number of Topliss-reactive ketones (excluding diaryl/α,β-unsaturated/α-hetero) is 1. The lowest BCUT2D eigenvalue weighted by molar-refractivity contribution is -0.132. The molecular formula is C27H27ClN2O5S. The predicted octanol–water partition coefficient (Wildman–Crippen LogP) is 6.25. The molecule has 1 aliphatic heterocycles. The highest BCUT2D eigenvalue weighted by Crippen LogP contribution is 2.44. The van der Waals surface area contributed by atoms with E-state index < -0.39 is 17.7 Å². The molecule has 2 aromatic carbocycles. The molecular weight excluding hydrogens is 500 g/mol. The lowest BCUT2D eigenvalue weighted by Gasteiger charge is -2.24. The molecule has 0 radical (unpaired) electrons. The Bertz CT molecular complexity index is 1270. The molecule has 1 atom stereocenters. The van der Waals surface area contributed by atoms with Crippen LogP contribution >= 0.6 is 22.9 Å². The van der Waals surface area contributed by atoms with Gasteiger partial charge in [0.2, 0.25) is 0 Å². The molecule has 2 heterocycles. The fourth-order valence-electron chi connectivity index (χ4n) is 3.93. The minimum atomic E-state index is -0.907. The molecule has 1 N–H and O–H groups in total. The average molecular weight is 527 g/mol. The van der Waals surface area contributed by atoms with Gasteiger partial charge in [-0.2, -0.15) is 0 Å². The number of amides is 1. The molecule has 9 heteroatoms. The Balaban J connectivity index is 1.84. The highest BCUT2D eigenvalue weighted by atomic mass is 35.5. The van der Waals surface area contributed by atoms with Gasteiger partial charge in [0, 0.05) is 22.2 Å². The van der Waals surface area contributed by atoms with E-state index in [2.05, 4.69) is 18.8 Å². The van der Waals surface area contributed by atoms with Crippen molar-refractivity contribution in [1.82, 2.24) is 4.98 Å². The van der Waals surface area contributed by atoms with Crippen molar-refractivity contribution in [2.24, 2.45) is 5.92 Å². The van der Waals surface area contributed by atoms with Crippen molar-refractivity contribution in [2.75, 3.05) is 18.1 Å². The van der Waals surface area contributed by atoms with E-state index in [0.717, 1.165) is 6.42 Å². The number of benzene rings is 2. The SMILES string of the molecule is CCOc1cc(C2/C(=C(\O)c3ccc(Cl)cc3)C(=O)C(=O)N2c2nccs2)ccc1OCCC(C)C. The Morgan fingerprint density at radius 2 is 1.89 bits per heavy atom. The smallest absolute Gasteiger partial charge is 0.301 e. The summed E-state index contributed by atoms with van der Waals surface area (Å²) >= 11 is 7.23. The summed E-state index contributed by atoms with van der Waals surface area (Å²) in [6, 6.07) is 10.8. The van der Waals surface area contributed by atoms with Crippen LogP contribution in [-0.4, -0.2) is 35.0 Å². The topological polar surface area (TPSA) is 89.0 Å². The Hall–Kier alpha value is -3.36. The van der Waals surface area contributed by atoms with Crippen LogP contribution in [0.4, 0.5) is 5.13 Å². The first kappa shape index (κ1) is 25.7. The summed E-state index contributed by atoms with van der Waals surface area (Å²) in [6.45, 7) is 7.05. The zero-order valence-corrected chi connectivity index (χ0v) is 21.8. The zero-order chi connectivity index (χ0) is 25.8. The second kappa shape index (κ2) is 11.1. The van der Waals surface area contributed by atoms with Crippen molar-refractivity contribution < 1.29 is 24.2 Å². The molecule has 0 bridgehead atoms. The third-order valence-corrected chi connectivity index (χ3v) is 6.75. The van der Waals surface area contributed by atoms with Crippen LogP contribution in [-0.2, 0) is 9.59 Å². The van der Waals surface area contributed by atoms with Gasteiger partial charge in [-0.1, -0.05) is 31.5 Å². The molecule has 188 valence electrons. The minimum Gasteiger partial charge on any atom is -0.507 e. The lowest BCUT2D eigenvalue weighted by Crippen LogP contribution is -2.29. The normalized spacial score (nSPS) is 17.1. The third-order valence-electron chi connectivity index (χ3n) is 5.72. The Morgan fingerprint density at radius 3 is 2.53 bits per heavy atom.